The fourth-order valence-electron chi connectivity index (χ4n) is 2.01. The molecule has 0 aliphatic carbocycles. The molecule has 0 amide bonds. The van der Waals surface area contributed by atoms with Crippen LogP contribution in [0.25, 0.3) is 5.65 Å². The van der Waals surface area contributed by atoms with Crippen molar-refractivity contribution in [1.29, 1.82) is 0 Å². The van der Waals surface area contributed by atoms with Gasteiger partial charge >= 0.3 is 5.97 Å². The van der Waals surface area contributed by atoms with Gasteiger partial charge in [-0.25, -0.2) is 9.78 Å². The maximum Gasteiger partial charge on any atom is 0.360 e. The molecule has 0 bridgehead atoms. The Balaban J connectivity index is 2.07. The second-order valence-corrected chi connectivity index (χ2v) is 4.47. The number of aromatic nitrogens is 2. The number of pyridine rings is 1. The highest BCUT2D eigenvalue weighted by molar-refractivity contribution is 5.93. The Bertz CT molecular complexity index is 825. The van der Waals surface area contributed by atoms with E-state index >= 15 is 0 Å². The minimum absolute atomic E-state index is 0.160. The summed E-state index contributed by atoms with van der Waals surface area (Å²) in [6, 6.07) is 14.8. The summed E-state index contributed by atoms with van der Waals surface area (Å²) in [4.78, 5) is 16.3. The highest BCUT2D eigenvalue weighted by atomic mass is 16.5. The van der Waals surface area contributed by atoms with Gasteiger partial charge in [0, 0.05) is 6.20 Å². The highest BCUT2D eigenvalue weighted by Crippen LogP contribution is 2.24. The van der Waals surface area contributed by atoms with Crippen LogP contribution in [0.3, 0.4) is 0 Å². The third kappa shape index (κ3) is 2.71. The van der Waals surface area contributed by atoms with E-state index < -0.39 is 5.97 Å². The van der Waals surface area contributed by atoms with Crippen molar-refractivity contribution in [3.05, 3.63) is 60.4 Å². The number of fused-ring (bicyclic) bond motifs is 1. The maximum absolute atomic E-state index is 12.0. The van der Waals surface area contributed by atoms with Crippen molar-refractivity contribution in [3.63, 3.8) is 0 Å². The molecule has 3 aromatic rings. The second kappa shape index (κ2) is 6.17. The largest absolute Gasteiger partial charge is 0.461 e. The van der Waals surface area contributed by atoms with Crippen LogP contribution in [0.15, 0.2) is 65.0 Å². The molecule has 0 aliphatic heterocycles. The summed E-state index contributed by atoms with van der Waals surface area (Å²) in [5, 5.41) is 8.35. The normalized spacial score (nSPS) is 11.1. The van der Waals surface area contributed by atoms with Gasteiger partial charge in [-0.05, 0) is 31.2 Å². The Morgan fingerprint density at radius 1 is 1.14 bits per heavy atom. The van der Waals surface area contributed by atoms with E-state index in [-0.39, 0.29) is 12.3 Å². The molecule has 6 heteroatoms. The monoisotopic (exact) mass is 294 g/mol. The summed E-state index contributed by atoms with van der Waals surface area (Å²) in [6.45, 7) is 2.03. The Morgan fingerprint density at radius 2 is 1.91 bits per heavy atom. The zero-order chi connectivity index (χ0) is 15.4. The first-order valence-corrected chi connectivity index (χ1v) is 6.90. The van der Waals surface area contributed by atoms with Crippen LogP contribution in [0.2, 0.25) is 0 Å². The molecule has 0 N–H and O–H groups in total. The van der Waals surface area contributed by atoms with E-state index in [9.17, 15) is 4.79 Å². The molecule has 2 heterocycles. The number of nitrogens with zero attached hydrogens (tertiary/aromatic N) is 4. The van der Waals surface area contributed by atoms with E-state index in [4.69, 9.17) is 4.74 Å². The molecule has 0 aliphatic rings. The molecular weight excluding hydrogens is 280 g/mol. The van der Waals surface area contributed by atoms with Crippen LogP contribution in [0.5, 0.6) is 0 Å². The lowest BCUT2D eigenvalue weighted by molar-refractivity contribution is 0.0521. The van der Waals surface area contributed by atoms with E-state index in [1.807, 2.05) is 42.5 Å². The van der Waals surface area contributed by atoms with Crippen LogP contribution >= 0.6 is 0 Å². The van der Waals surface area contributed by atoms with Gasteiger partial charge in [0.15, 0.2) is 11.5 Å². The quantitative estimate of drug-likeness (QED) is 0.541. The SMILES string of the molecule is CCOC(=O)c1nc2ccccn2c1N=Nc1ccccc1. The van der Waals surface area contributed by atoms with Crippen LogP contribution in [0.4, 0.5) is 11.5 Å². The van der Waals surface area contributed by atoms with Gasteiger partial charge in [-0.2, -0.15) is 0 Å². The molecule has 3 rings (SSSR count). The summed E-state index contributed by atoms with van der Waals surface area (Å²) in [6.07, 6.45) is 1.78. The van der Waals surface area contributed by atoms with Crippen molar-refractivity contribution < 1.29 is 9.53 Å². The third-order valence-corrected chi connectivity index (χ3v) is 2.99. The summed E-state index contributed by atoms with van der Waals surface area (Å²) in [5.74, 6) is -0.147. The Kier molecular flexibility index (Phi) is 3.91. The first-order chi connectivity index (χ1) is 10.8. The molecule has 0 radical (unpaired) electrons. The van der Waals surface area contributed by atoms with Gasteiger partial charge in [0.05, 0.1) is 12.3 Å². The van der Waals surface area contributed by atoms with Gasteiger partial charge in [-0.15, -0.1) is 10.2 Å². The summed E-state index contributed by atoms with van der Waals surface area (Å²) < 4.78 is 6.74. The molecule has 2 aromatic heterocycles. The summed E-state index contributed by atoms with van der Waals surface area (Å²) >= 11 is 0. The van der Waals surface area contributed by atoms with E-state index in [2.05, 4.69) is 15.2 Å². The molecule has 6 nitrogen and oxygen atoms in total. The zero-order valence-corrected chi connectivity index (χ0v) is 12.0. The van der Waals surface area contributed by atoms with Crippen LogP contribution in [-0.2, 0) is 4.74 Å². The van der Waals surface area contributed by atoms with Crippen molar-refractivity contribution in [2.75, 3.05) is 6.61 Å². The van der Waals surface area contributed by atoms with Crippen LogP contribution in [-0.4, -0.2) is 22.0 Å². The van der Waals surface area contributed by atoms with Crippen molar-refractivity contribution in [2.24, 2.45) is 10.2 Å². The lowest BCUT2D eigenvalue weighted by atomic mass is 10.3. The Hall–Kier alpha value is -3.02. The maximum atomic E-state index is 12.0. The molecular formula is C16H14N4O2. The number of carbonyl (C=O) groups is 1. The molecule has 0 saturated carbocycles. The number of hydrogen-bond acceptors (Lipinski definition) is 5. The highest BCUT2D eigenvalue weighted by Gasteiger charge is 2.19. The van der Waals surface area contributed by atoms with Crippen molar-refractivity contribution in [3.8, 4) is 0 Å². The van der Waals surface area contributed by atoms with E-state index in [1.54, 1.807) is 23.6 Å². The molecule has 0 saturated heterocycles. The third-order valence-electron chi connectivity index (χ3n) is 2.99. The van der Waals surface area contributed by atoms with Gasteiger partial charge in [-0.3, -0.25) is 4.40 Å². The number of azo groups is 1. The smallest absolute Gasteiger partial charge is 0.360 e. The number of hydrogen-bond donors (Lipinski definition) is 0. The number of imidazole rings is 1. The molecule has 0 fully saturated rings. The second-order valence-electron chi connectivity index (χ2n) is 4.47. The predicted molar refractivity (Wildman–Crippen MR) is 81.8 cm³/mol. The zero-order valence-electron chi connectivity index (χ0n) is 12.0. The Morgan fingerprint density at radius 3 is 2.68 bits per heavy atom. The summed E-state index contributed by atoms with van der Waals surface area (Å²) in [5.41, 5.74) is 1.48. The standard InChI is InChI=1S/C16H14N4O2/c1-2-22-16(21)14-15(19-18-12-8-4-3-5-9-12)20-11-7-6-10-13(20)17-14/h3-11H,2H2,1H3. The van der Waals surface area contributed by atoms with Crippen LogP contribution in [0.1, 0.15) is 17.4 Å². The lowest BCUT2D eigenvalue weighted by Crippen LogP contribution is -2.05. The molecule has 110 valence electrons. The molecule has 22 heavy (non-hydrogen) atoms. The van der Waals surface area contributed by atoms with Gasteiger partial charge in [0.2, 0.25) is 0 Å². The van der Waals surface area contributed by atoms with E-state index in [0.717, 1.165) is 0 Å². The molecule has 0 spiro atoms. The predicted octanol–water partition coefficient (Wildman–Crippen LogP) is 3.93. The Labute approximate surface area is 127 Å². The van der Waals surface area contributed by atoms with Crippen molar-refractivity contribution in [2.45, 2.75) is 6.92 Å². The molecule has 1 aromatic carbocycles. The van der Waals surface area contributed by atoms with Crippen LogP contribution in [0, 0.1) is 0 Å². The number of benzene rings is 1. The minimum Gasteiger partial charge on any atom is -0.461 e. The van der Waals surface area contributed by atoms with Crippen molar-refractivity contribution >= 4 is 23.1 Å². The van der Waals surface area contributed by atoms with Crippen molar-refractivity contribution in [1.82, 2.24) is 9.38 Å². The molecule has 0 atom stereocenters. The molecule has 0 unspecified atom stereocenters. The van der Waals surface area contributed by atoms with Gasteiger partial charge < -0.3 is 4.74 Å². The van der Waals surface area contributed by atoms with Gasteiger partial charge in [0.25, 0.3) is 0 Å². The number of carbonyl (C=O) groups excluding carboxylic acids is 1. The lowest BCUT2D eigenvalue weighted by Gasteiger charge is -1.99. The summed E-state index contributed by atoms with van der Waals surface area (Å²) in [7, 11) is 0. The number of esters is 1. The first kappa shape index (κ1) is 13.9. The minimum atomic E-state index is -0.506. The number of ether oxygens (including phenoxy) is 1. The number of rotatable bonds is 4. The van der Waals surface area contributed by atoms with Crippen LogP contribution < -0.4 is 0 Å². The van der Waals surface area contributed by atoms with E-state index in [1.165, 1.54) is 0 Å². The average Bonchev–Trinajstić information content (AvgIpc) is 2.93. The van der Waals surface area contributed by atoms with Gasteiger partial charge in [-0.1, -0.05) is 24.3 Å². The fraction of sp³-hybridized carbons (Fsp3) is 0.125. The van der Waals surface area contributed by atoms with Gasteiger partial charge in [0.1, 0.15) is 5.65 Å². The van der Waals surface area contributed by atoms with E-state index in [0.29, 0.717) is 17.2 Å². The average molecular weight is 294 g/mol. The fourth-order valence-corrected chi connectivity index (χ4v) is 2.01. The topological polar surface area (TPSA) is 68.3 Å². The first-order valence-electron chi connectivity index (χ1n) is 6.90.